The smallest absolute Gasteiger partial charge is 0.337 e. The molecule has 4 rings (SSSR count). The summed E-state index contributed by atoms with van der Waals surface area (Å²) in [5.74, 6) is 1.07. The highest BCUT2D eigenvalue weighted by molar-refractivity contribution is 7.98. The summed E-state index contributed by atoms with van der Waals surface area (Å²) < 4.78 is 11.9. The number of hydrogen-bond acceptors (Lipinski definition) is 8. The summed E-state index contributed by atoms with van der Waals surface area (Å²) >= 11 is 1.34. The molecule has 0 spiro atoms. The fourth-order valence-electron chi connectivity index (χ4n) is 3.34. The molecule has 0 aliphatic rings. The first kappa shape index (κ1) is 22.7. The Morgan fingerprint density at radius 1 is 1.15 bits per heavy atom. The predicted octanol–water partition coefficient (Wildman–Crippen LogP) is 4.49. The van der Waals surface area contributed by atoms with Crippen LogP contribution in [-0.4, -0.2) is 32.8 Å². The number of methoxy groups -OCH3 is 1. The number of benzene rings is 2. The van der Waals surface area contributed by atoms with E-state index in [-0.39, 0.29) is 11.5 Å². The van der Waals surface area contributed by atoms with E-state index in [1.165, 1.54) is 18.9 Å². The Kier molecular flexibility index (Phi) is 6.60. The van der Waals surface area contributed by atoms with E-state index in [9.17, 15) is 9.59 Å². The number of nitrogens with zero attached hydrogens (tertiary/aromatic N) is 4. The Morgan fingerprint density at radius 3 is 2.61 bits per heavy atom. The van der Waals surface area contributed by atoms with Crippen LogP contribution < -0.4 is 5.56 Å². The van der Waals surface area contributed by atoms with Crippen LogP contribution >= 0.6 is 11.8 Å². The highest BCUT2D eigenvalue weighted by atomic mass is 32.2. The van der Waals surface area contributed by atoms with Crippen molar-refractivity contribution >= 4 is 28.6 Å². The molecule has 0 atom stereocenters. The fourth-order valence-corrected chi connectivity index (χ4v) is 4.19. The molecule has 0 saturated carbocycles. The van der Waals surface area contributed by atoms with Gasteiger partial charge in [-0.05, 0) is 31.0 Å². The van der Waals surface area contributed by atoms with Gasteiger partial charge in [0.25, 0.3) is 5.56 Å². The molecular weight excluding hydrogens is 440 g/mol. The van der Waals surface area contributed by atoms with Gasteiger partial charge in [0.15, 0.2) is 5.16 Å². The minimum atomic E-state index is -0.478. The lowest BCUT2D eigenvalue weighted by atomic mass is 10.1. The number of aryl methyl sites for hydroxylation is 1. The normalized spacial score (nSPS) is 11.3. The first-order valence-electron chi connectivity index (χ1n) is 10.5. The molecule has 9 heteroatoms. The van der Waals surface area contributed by atoms with Crippen molar-refractivity contribution in [3.63, 3.8) is 0 Å². The van der Waals surface area contributed by atoms with Gasteiger partial charge in [0.2, 0.25) is 11.7 Å². The number of esters is 1. The van der Waals surface area contributed by atoms with Crippen LogP contribution in [-0.2, 0) is 17.0 Å². The second-order valence-corrected chi connectivity index (χ2v) is 9.04. The van der Waals surface area contributed by atoms with Crippen LogP contribution in [0.3, 0.4) is 0 Å². The summed E-state index contributed by atoms with van der Waals surface area (Å²) in [5, 5.41) is 5.04. The van der Waals surface area contributed by atoms with Gasteiger partial charge in [-0.1, -0.05) is 60.6 Å². The Morgan fingerprint density at radius 2 is 1.91 bits per heavy atom. The van der Waals surface area contributed by atoms with Gasteiger partial charge in [0, 0.05) is 12.1 Å². The summed E-state index contributed by atoms with van der Waals surface area (Å²) in [6.45, 7) is 6.61. The zero-order valence-corrected chi connectivity index (χ0v) is 19.7. The second kappa shape index (κ2) is 9.58. The van der Waals surface area contributed by atoms with Crippen molar-refractivity contribution in [2.24, 2.45) is 5.92 Å². The molecule has 8 nitrogen and oxygen atoms in total. The lowest BCUT2D eigenvalue weighted by Gasteiger charge is -2.14. The van der Waals surface area contributed by atoms with Gasteiger partial charge in [-0.3, -0.25) is 9.36 Å². The lowest BCUT2D eigenvalue weighted by Crippen LogP contribution is -2.25. The average molecular weight is 465 g/mol. The molecule has 0 N–H and O–H groups in total. The molecule has 0 bridgehead atoms. The highest BCUT2D eigenvalue weighted by Crippen LogP contribution is 2.24. The molecule has 2 heterocycles. The molecule has 2 aromatic carbocycles. The largest absolute Gasteiger partial charge is 0.465 e. The topological polar surface area (TPSA) is 100 Å². The third kappa shape index (κ3) is 4.98. The van der Waals surface area contributed by atoms with Crippen molar-refractivity contribution in [2.75, 3.05) is 7.11 Å². The van der Waals surface area contributed by atoms with Crippen molar-refractivity contribution in [1.82, 2.24) is 19.7 Å². The monoisotopic (exact) mass is 464 g/mol. The number of rotatable bonds is 7. The predicted molar refractivity (Wildman–Crippen MR) is 126 cm³/mol. The second-order valence-electron chi connectivity index (χ2n) is 8.09. The van der Waals surface area contributed by atoms with Gasteiger partial charge in [-0.25, -0.2) is 9.78 Å². The van der Waals surface area contributed by atoms with Crippen LogP contribution in [0, 0.1) is 12.8 Å². The van der Waals surface area contributed by atoms with Gasteiger partial charge in [-0.15, -0.1) is 0 Å². The molecule has 0 amide bonds. The molecular formula is C24H24N4O4S. The van der Waals surface area contributed by atoms with Crippen LogP contribution in [0.2, 0.25) is 0 Å². The summed E-state index contributed by atoms with van der Waals surface area (Å²) in [7, 11) is 1.32. The Balaban J connectivity index is 1.66. The summed E-state index contributed by atoms with van der Waals surface area (Å²) in [6, 6.07) is 12.7. The molecule has 0 radical (unpaired) electrons. The molecule has 33 heavy (non-hydrogen) atoms. The van der Waals surface area contributed by atoms with Crippen LogP contribution in [0.4, 0.5) is 0 Å². The number of hydrogen-bond donors (Lipinski definition) is 0. The van der Waals surface area contributed by atoms with Gasteiger partial charge in [0.1, 0.15) is 0 Å². The number of carbonyl (C=O) groups is 1. The number of fused-ring (bicyclic) bond motifs is 1. The van der Waals surface area contributed by atoms with Gasteiger partial charge in [0.05, 0.1) is 29.3 Å². The highest BCUT2D eigenvalue weighted by Gasteiger charge is 2.17. The number of ether oxygens (including phenoxy) is 1. The number of aromatic nitrogens is 4. The van der Waals surface area contributed by atoms with Crippen molar-refractivity contribution in [2.45, 2.75) is 38.2 Å². The lowest BCUT2D eigenvalue weighted by molar-refractivity contribution is 0.0601. The quantitative estimate of drug-likeness (QED) is 0.224. The van der Waals surface area contributed by atoms with Crippen molar-refractivity contribution in [1.29, 1.82) is 0 Å². The van der Waals surface area contributed by atoms with E-state index >= 15 is 0 Å². The van der Waals surface area contributed by atoms with E-state index in [4.69, 9.17) is 9.26 Å². The van der Waals surface area contributed by atoms with Gasteiger partial charge < -0.3 is 9.26 Å². The molecule has 4 aromatic rings. The van der Waals surface area contributed by atoms with E-state index in [2.05, 4.69) is 15.1 Å². The van der Waals surface area contributed by atoms with E-state index in [0.717, 1.165) is 11.1 Å². The molecule has 2 aromatic heterocycles. The fraction of sp³-hybridized carbons (Fsp3) is 0.292. The van der Waals surface area contributed by atoms with Crippen LogP contribution in [0.25, 0.3) is 22.3 Å². The van der Waals surface area contributed by atoms with Crippen molar-refractivity contribution in [3.05, 3.63) is 69.8 Å². The SMILES string of the molecule is COC(=O)c1ccc2c(=O)n(CC(C)C)c(SCc3nc(-c4ccc(C)cc4)no3)nc2c1. The van der Waals surface area contributed by atoms with E-state index in [0.29, 0.717) is 45.6 Å². The number of thioether (sulfide) groups is 1. The van der Waals surface area contributed by atoms with Crippen molar-refractivity contribution < 1.29 is 14.1 Å². The Labute approximate surface area is 195 Å². The summed E-state index contributed by atoms with van der Waals surface area (Å²) in [4.78, 5) is 34.3. The van der Waals surface area contributed by atoms with Crippen LogP contribution in [0.1, 0.15) is 35.7 Å². The van der Waals surface area contributed by atoms with E-state index < -0.39 is 5.97 Å². The van der Waals surface area contributed by atoms with Crippen molar-refractivity contribution in [3.8, 4) is 11.4 Å². The van der Waals surface area contributed by atoms with Crippen LogP contribution in [0.5, 0.6) is 0 Å². The molecule has 0 aliphatic carbocycles. The Hall–Kier alpha value is -3.46. The maximum absolute atomic E-state index is 13.2. The molecule has 0 saturated heterocycles. The summed E-state index contributed by atoms with van der Waals surface area (Å²) in [5.41, 5.74) is 2.65. The van der Waals surface area contributed by atoms with E-state index in [1.54, 1.807) is 22.8 Å². The van der Waals surface area contributed by atoms with Crippen LogP contribution in [0.15, 0.2) is 56.9 Å². The third-order valence-electron chi connectivity index (χ3n) is 4.99. The first-order chi connectivity index (χ1) is 15.9. The molecule has 0 aliphatic heterocycles. The zero-order valence-electron chi connectivity index (χ0n) is 18.9. The van der Waals surface area contributed by atoms with Gasteiger partial charge >= 0.3 is 5.97 Å². The number of carbonyl (C=O) groups excluding carboxylic acids is 1. The minimum absolute atomic E-state index is 0.154. The Bertz CT molecular complexity index is 1360. The third-order valence-corrected chi connectivity index (χ3v) is 5.95. The molecule has 0 unspecified atom stereocenters. The first-order valence-corrected chi connectivity index (χ1v) is 11.5. The summed E-state index contributed by atoms with van der Waals surface area (Å²) in [6.07, 6.45) is 0. The molecule has 0 fully saturated rings. The maximum Gasteiger partial charge on any atom is 0.337 e. The molecule has 170 valence electrons. The maximum atomic E-state index is 13.2. The minimum Gasteiger partial charge on any atom is -0.465 e. The zero-order chi connectivity index (χ0) is 23.5. The van der Waals surface area contributed by atoms with Gasteiger partial charge in [-0.2, -0.15) is 4.98 Å². The standard InChI is InChI=1S/C24H24N4O4S/c1-14(2)12-28-22(29)18-10-9-17(23(30)31-4)11-19(18)25-24(28)33-13-20-26-21(27-32-20)16-7-5-15(3)6-8-16/h5-11,14H,12-13H2,1-4H3. The van der Waals surface area contributed by atoms with E-state index in [1.807, 2.05) is 45.0 Å². The average Bonchev–Trinajstić information content (AvgIpc) is 3.28.